The maximum absolute atomic E-state index is 8.89. The van der Waals surface area contributed by atoms with E-state index in [2.05, 4.69) is 11.1 Å². The molecule has 0 bridgehead atoms. The molecule has 0 unspecified atom stereocenters. The van der Waals surface area contributed by atoms with Gasteiger partial charge in [0.1, 0.15) is 23.1 Å². The van der Waals surface area contributed by atoms with E-state index in [4.69, 9.17) is 10.00 Å². The van der Waals surface area contributed by atoms with Gasteiger partial charge in [-0.15, -0.1) is 0 Å². The van der Waals surface area contributed by atoms with Crippen LogP contribution in [0.5, 0.6) is 5.75 Å². The molecule has 0 aliphatic heterocycles. The molecular weight excluding hydrogens is 224 g/mol. The molecule has 0 aliphatic carbocycles. The zero-order chi connectivity index (χ0) is 13.3. The fourth-order valence-electron chi connectivity index (χ4n) is 1.85. The van der Waals surface area contributed by atoms with Crippen molar-refractivity contribution in [3.05, 3.63) is 35.5 Å². The molecule has 92 valence electrons. The first-order valence-electron chi connectivity index (χ1n) is 5.89. The number of fused-ring (bicyclic) bond motifs is 1. The van der Waals surface area contributed by atoms with Crippen molar-refractivity contribution in [1.29, 1.82) is 5.26 Å². The van der Waals surface area contributed by atoms with Gasteiger partial charge in [-0.2, -0.15) is 5.26 Å². The van der Waals surface area contributed by atoms with Crippen molar-refractivity contribution in [1.82, 2.24) is 4.98 Å². The molecule has 1 heterocycles. The molecule has 0 fully saturated rings. The standard InChI is InChI=1S/C15H16N2O/c1-10-7-11(9-16)17-14-6-5-12(8-13(10)14)18-15(2,3)4/h5-8H,1-4H3. The highest BCUT2D eigenvalue weighted by Crippen LogP contribution is 2.25. The molecule has 0 amide bonds. The summed E-state index contributed by atoms with van der Waals surface area (Å²) in [6.45, 7) is 8.02. The van der Waals surface area contributed by atoms with E-state index >= 15 is 0 Å². The van der Waals surface area contributed by atoms with Gasteiger partial charge in [-0.25, -0.2) is 4.98 Å². The molecule has 0 saturated carbocycles. The number of aromatic nitrogens is 1. The van der Waals surface area contributed by atoms with Gasteiger partial charge >= 0.3 is 0 Å². The maximum Gasteiger partial charge on any atom is 0.141 e. The van der Waals surface area contributed by atoms with Crippen LogP contribution in [-0.2, 0) is 0 Å². The summed E-state index contributed by atoms with van der Waals surface area (Å²) in [5, 5.41) is 9.92. The minimum atomic E-state index is -0.221. The van der Waals surface area contributed by atoms with Crippen LogP contribution in [0.25, 0.3) is 10.9 Å². The number of ether oxygens (including phenoxy) is 1. The van der Waals surface area contributed by atoms with Crippen molar-refractivity contribution < 1.29 is 4.74 Å². The average Bonchev–Trinajstić information content (AvgIpc) is 2.27. The Balaban J connectivity index is 2.53. The first-order chi connectivity index (χ1) is 8.39. The Morgan fingerprint density at radius 3 is 2.56 bits per heavy atom. The smallest absolute Gasteiger partial charge is 0.141 e. The second-order valence-electron chi connectivity index (χ2n) is 5.33. The minimum absolute atomic E-state index is 0.221. The van der Waals surface area contributed by atoms with Gasteiger partial charge in [-0.3, -0.25) is 0 Å². The number of hydrogen-bond acceptors (Lipinski definition) is 3. The van der Waals surface area contributed by atoms with Crippen LogP contribution in [-0.4, -0.2) is 10.6 Å². The fourth-order valence-corrected chi connectivity index (χ4v) is 1.85. The van der Waals surface area contributed by atoms with Crippen LogP contribution in [0, 0.1) is 18.3 Å². The van der Waals surface area contributed by atoms with Gasteiger partial charge in [-0.05, 0) is 57.5 Å². The van der Waals surface area contributed by atoms with E-state index in [-0.39, 0.29) is 5.60 Å². The molecule has 2 aromatic rings. The molecule has 18 heavy (non-hydrogen) atoms. The van der Waals surface area contributed by atoms with E-state index < -0.39 is 0 Å². The molecule has 0 atom stereocenters. The summed E-state index contributed by atoms with van der Waals surface area (Å²) < 4.78 is 5.83. The second kappa shape index (κ2) is 4.30. The summed E-state index contributed by atoms with van der Waals surface area (Å²) in [5.74, 6) is 0.824. The summed E-state index contributed by atoms with van der Waals surface area (Å²) in [7, 11) is 0. The molecular formula is C15H16N2O. The van der Waals surface area contributed by atoms with Gasteiger partial charge < -0.3 is 4.74 Å². The van der Waals surface area contributed by atoms with E-state index in [1.165, 1.54) is 0 Å². The SMILES string of the molecule is Cc1cc(C#N)nc2ccc(OC(C)(C)C)cc12. The highest BCUT2D eigenvalue weighted by molar-refractivity contribution is 5.84. The zero-order valence-corrected chi connectivity index (χ0v) is 11.1. The summed E-state index contributed by atoms with van der Waals surface area (Å²) in [6.07, 6.45) is 0. The third-order valence-electron chi connectivity index (χ3n) is 2.53. The van der Waals surface area contributed by atoms with E-state index in [0.717, 1.165) is 22.2 Å². The van der Waals surface area contributed by atoms with Crippen LogP contribution in [0.4, 0.5) is 0 Å². The fraction of sp³-hybridized carbons (Fsp3) is 0.333. The van der Waals surface area contributed by atoms with Crippen molar-refractivity contribution in [2.75, 3.05) is 0 Å². The average molecular weight is 240 g/mol. The lowest BCUT2D eigenvalue weighted by Crippen LogP contribution is -2.22. The number of pyridine rings is 1. The number of nitrogens with zero attached hydrogens (tertiary/aromatic N) is 2. The van der Waals surface area contributed by atoms with Crippen LogP contribution in [0.1, 0.15) is 32.0 Å². The molecule has 0 N–H and O–H groups in total. The predicted molar refractivity (Wildman–Crippen MR) is 71.6 cm³/mol. The maximum atomic E-state index is 8.89. The number of nitriles is 1. The summed E-state index contributed by atoms with van der Waals surface area (Å²) in [4.78, 5) is 4.28. The number of benzene rings is 1. The van der Waals surface area contributed by atoms with Gasteiger partial charge in [0, 0.05) is 5.39 Å². The normalized spacial score (nSPS) is 11.3. The van der Waals surface area contributed by atoms with Crippen LogP contribution in [0.15, 0.2) is 24.3 Å². The van der Waals surface area contributed by atoms with Gasteiger partial charge in [-0.1, -0.05) is 0 Å². The van der Waals surface area contributed by atoms with Crippen LogP contribution in [0.3, 0.4) is 0 Å². The third kappa shape index (κ3) is 2.60. The molecule has 2 rings (SSSR count). The summed E-state index contributed by atoms with van der Waals surface area (Å²) in [5.41, 5.74) is 2.09. The van der Waals surface area contributed by atoms with Crippen LogP contribution in [0.2, 0.25) is 0 Å². The highest BCUT2D eigenvalue weighted by atomic mass is 16.5. The Bertz CT molecular complexity index is 633. The number of hydrogen-bond donors (Lipinski definition) is 0. The summed E-state index contributed by atoms with van der Waals surface area (Å²) in [6, 6.07) is 9.62. The Kier molecular flexibility index (Phi) is 2.96. The topological polar surface area (TPSA) is 45.9 Å². The van der Waals surface area contributed by atoms with E-state index in [9.17, 15) is 0 Å². The molecule has 0 radical (unpaired) electrons. The molecule has 0 saturated heterocycles. The molecule has 0 aliphatic rings. The van der Waals surface area contributed by atoms with Crippen molar-refractivity contribution >= 4 is 10.9 Å². The number of rotatable bonds is 1. The quantitative estimate of drug-likeness (QED) is 0.765. The van der Waals surface area contributed by atoms with Crippen molar-refractivity contribution in [2.24, 2.45) is 0 Å². The van der Waals surface area contributed by atoms with E-state index in [1.54, 1.807) is 6.07 Å². The van der Waals surface area contributed by atoms with Gasteiger partial charge in [0.05, 0.1) is 5.52 Å². The number of aryl methyl sites for hydroxylation is 1. The first kappa shape index (κ1) is 12.4. The van der Waals surface area contributed by atoms with Crippen molar-refractivity contribution in [2.45, 2.75) is 33.3 Å². The van der Waals surface area contributed by atoms with Crippen LogP contribution >= 0.6 is 0 Å². The van der Waals surface area contributed by atoms with Crippen molar-refractivity contribution in [3.8, 4) is 11.8 Å². The van der Waals surface area contributed by atoms with Gasteiger partial charge in [0.25, 0.3) is 0 Å². The molecule has 1 aromatic carbocycles. The Hall–Kier alpha value is -2.08. The van der Waals surface area contributed by atoms with Gasteiger partial charge in [0.15, 0.2) is 0 Å². The lowest BCUT2D eigenvalue weighted by molar-refractivity contribution is 0.131. The first-order valence-corrected chi connectivity index (χ1v) is 5.89. The molecule has 3 heteroatoms. The third-order valence-corrected chi connectivity index (χ3v) is 2.53. The van der Waals surface area contributed by atoms with E-state index in [0.29, 0.717) is 5.69 Å². The Morgan fingerprint density at radius 2 is 1.94 bits per heavy atom. The van der Waals surface area contributed by atoms with Gasteiger partial charge in [0.2, 0.25) is 0 Å². The zero-order valence-electron chi connectivity index (χ0n) is 11.1. The lowest BCUT2D eigenvalue weighted by atomic mass is 10.1. The predicted octanol–water partition coefficient (Wildman–Crippen LogP) is 3.59. The van der Waals surface area contributed by atoms with E-state index in [1.807, 2.05) is 45.9 Å². The Morgan fingerprint density at radius 1 is 1.22 bits per heavy atom. The molecule has 3 nitrogen and oxygen atoms in total. The molecule has 1 aromatic heterocycles. The minimum Gasteiger partial charge on any atom is -0.488 e. The lowest BCUT2D eigenvalue weighted by Gasteiger charge is -2.21. The second-order valence-corrected chi connectivity index (χ2v) is 5.33. The molecule has 0 spiro atoms. The van der Waals surface area contributed by atoms with Crippen LogP contribution < -0.4 is 4.74 Å². The summed E-state index contributed by atoms with van der Waals surface area (Å²) >= 11 is 0. The largest absolute Gasteiger partial charge is 0.488 e. The monoisotopic (exact) mass is 240 g/mol. The Labute approximate surface area is 107 Å². The van der Waals surface area contributed by atoms with Crippen molar-refractivity contribution in [3.63, 3.8) is 0 Å². The highest BCUT2D eigenvalue weighted by Gasteiger charge is 2.12.